The maximum atomic E-state index is 12.8. The Balaban J connectivity index is 1.65. The molecule has 0 atom stereocenters. The van der Waals surface area contributed by atoms with Crippen molar-refractivity contribution in [3.63, 3.8) is 0 Å². The van der Waals surface area contributed by atoms with Crippen molar-refractivity contribution in [2.75, 3.05) is 5.32 Å². The molecule has 2 aliphatic rings. The van der Waals surface area contributed by atoms with Gasteiger partial charge in [0.2, 0.25) is 0 Å². The molecule has 2 aromatic rings. The molecule has 1 aliphatic carbocycles. The third kappa shape index (κ3) is 3.14. The number of benzene rings is 1. The van der Waals surface area contributed by atoms with Crippen molar-refractivity contribution in [2.24, 2.45) is 5.73 Å². The first-order valence-corrected chi connectivity index (χ1v) is 8.83. The van der Waals surface area contributed by atoms with Gasteiger partial charge >= 0.3 is 0 Å². The zero-order chi connectivity index (χ0) is 18.3. The number of rotatable bonds is 4. The number of aromatic nitrogens is 2. The SMILES string of the molecule is CC1(C)Cc2cc(NC(=O)C(=CN)c3ncccn3)c(C3CC3)cc2O1. The van der Waals surface area contributed by atoms with Crippen LogP contribution in [-0.2, 0) is 11.2 Å². The highest BCUT2D eigenvalue weighted by Crippen LogP contribution is 2.48. The largest absolute Gasteiger partial charge is 0.487 e. The third-order valence-electron chi connectivity index (χ3n) is 4.72. The molecular weight excluding hydrogens is 328 g/mol. The maximum absolute atomic E-state index is 12.8. The van der Waals surface area contributed by atoms with Gasteiger partial charge in [0.25, 0.3) is 5.91 Å². The maximum Gasteiger partial charge on any atom is 0.260 e. The van der Waals surface area contributed by atoms with E-state index in [4.69, 9.17) is 10.5 Å². The average molecular weight is 350 g/mol. The molecule has 0 radical (unpaired) electrons. The average Bonchev–Trinajstić information content (AvgIpc) is 3.38. The number of amides is 1. The van der Waals surface area contributed by atoms with Crippen molar-refractivity contribution >= 4 is 17.2 Å². The van der Waals surface area contributed by atoms with Gasteiger partial charge < -0.3 is 15.8 Å². The van der Waals surface area contributed by atoms with Crippen LogP contribution in [0.2, 0.25) is 0 Å². The van der Waals surface area contributed by atoms with Crippen molar-refractivity contribution in [3.05, 3.63) is 53.7 Å². The van der Waals surface area contributed by atoms with Gasteiger partial charge in [0, 0.05) is 36.3 Å². The van der Waals surface area contributed by atoms with E-state index < -0.39 is 0 Å². The standard InChI is InChI=1S/C20H22N4O2/c1-20(2)10-13-8-16(14(12-4-5-12)9-17(13)26-20)24-19(25)15(11-21)18-22-6-3-7-23-18/h3,6-9,11-12H,4-5,10,21H2,1-2H3,(H,24,25). The lowest BCUT2D eigenvalue weighted by Crippen LogP contribution is -2.24. The lowest BCUT2D eigenvalue weighted by Gasteiger charge is -2.17. The van der Waals surface area contributed by atoms with Crippen LogP contribution in [0.25, 0.3) is 5.57 Å². The molecule has 134 valence electrons. The van der Waals surface area contributed by atoms with Crippen LogP contribution >= 0.6 is 0 Å². The van der Waals surface area contributed by atoms with Crippen LogP contribution in [0, 0.1) is 0 Å². The number of carbonyl (C=O) groups excluding carboxylic acids is 1. The second-order valence-corrected chi connectivity index (χ2v) is 7.47. The number of fused-ring (bicyclic) bond motifs is 1. The topological polar surface area (TPSA) is 90.1 Å². The van der Waals surface area contributed by atoms with E-state index in [0.29, 0.717) is 11.7 Å². The fourth-order valence-electron chi connectivity index (χ4n) is 3.39. The zero-order valence-electron chi connectivity index (χ0n) is 15.0. The summed E-state index contributed by atoms with van der Waals surface area (Å²) >= 11 is 0. The van der Waals surface area contributed by atoms with Gasteiger partial charge in [-0.15, -0.1) is 0 Å². The van der Waals surface area contributed by atoms with E-state index in [9.17, 15) is 4.79 Å². The minimum Gasteiger partial charge on any atom is -0.487 e. The van der Waals surface area contributed by atoms with Crippen molar-refractivity contribution in [1.82, 2.24) is 9.97 Å². The first-order valence-electron chi connectivity index (χ1n) is 8.83. The third-order valence-corrected chi connectivity index (χ3v) is 4.72. The van der Waals surface area contributed by atoms with Crippen molar-refractivity contribution in [1.29, 1.82) is 0 Å². The quantitative estimate of drug-likeness (QED) is 0.827. The first-order chi connectivity index (χ1) is 12.5. The number of ether oxygens (including phenoxy) is 1. The van der Waals surface area contributed by atoms with E-state index in [-0.39, 0.29) is 17.1 Å². The number of hydrogen-bond donors (Lipinski definition) is 2. The van der Waals surface area contributed by atoms with Gasteiger partial charge in [0.05, 0.1) is 5.57 Å². The summed E-state index contributed by atoms with van der Waals surface area (Å²) in [7, 11) is 0. The van der Waals surface area contributed by atoms with E-state index in [1.807, 2.05) is 6.07 Å². The van der Waals surface area contributed by atoms with Crippen LogP contribution in [0.3, 0.4) is 0 Å². The summed E-state index contributed by atoms with van der Waals surface area (Å²) in [6.07, 6.45) is 7.50. The molecule has 1 aromatic carbocycles. The lowest BCUT2D eigenvalue weighted by atomic mass is 9.98. The highest BCUT2D eigenvalue weighted by Gasteiger charge is 2.34. The number of anilines is 1. The Bertz CT molecular complexity index is 886. The molecule has 0 saturated heterocycles. The van der Waals surface area contributed by atoms with Crippen LogP contribution in [0.15, 0.2) is 36.8 Å². The van der Waals surface area contributed by atoms with E-state index >= 15 is 0 Å². The smallest absolute Gasteiger partial charge is 0.260 e. The highest BCUT2D eigenvalue weighted by molar-refractivity contribution is 6.24. The van der Waals surface area contributed by atoms with Gasteiger partial charge in [-0.2, -0.15) is 0 Å². The predicted molar refractivity (Wildman–Crippen MR) is 99.7 cm³/mol. The van der Waals surface area contributed by atoms with Crippen molar-refractivity contribution < 1.29 is 9.53 Å². The second kappa shape index (κ2) is 6.12. The fourth-order valence-corrected chi connectivity index (χ4v) is 3.39. The van der Waals surface area contributed by atoms with Crippen molar-refractivity contribution in [2.45, 2.75) is 44.6 Å². The Kier molecular flexibility index (Phi) is 3.90. The Morgan fingerprint density at radius 2 is 2.04 bits per heavy atom. The van der Waals surface area contributed by atoms with Crippen LogP contribution < -0.4 is 15.8 Å². The molecule has 6 nitrogen and oxygen atoms in total. The Hall–Kier alpha value is -2.89. The van der Waals surface area contributed by atoms with E-state index in [1.54, 1.807) is 18.5 Å². The monoisotopic (exact) mass is 350 g/mol. The Morgan fingerprint density at radius 3 is 2.69 bits per heavy atom. The van der Waals surface area contributed by atoms with Gasteiger partial charge in [-0.25, -0.2) is 9.97 Å². The molecule has 1 saturated carbocycles. The minimum atomic E-state index is -0.307. The molecule has 1 aliphatic heterocycles. The highest BCUT2D eigenvalue weighted by atomic mass is 16.5. The molecule has 0 unspecified atom stereocenters. The van der Waals surface area contributed by atoms with Crippen LogP contribution in [0.4, 0.5) is 5.69 Å². The summed E-state index contributed by atoms with van der Waals surface area (Å²) in [5.74, 6) is 1.40. The van der Waals surface area contributed by atoms with E-state index in [2.05, 4.69) is 35.2 Å². The predicted octanol–water partition coefficient (Wildman–Crippen LogP) is 3.01. The summed E-state index contributed by atoms with van der Waals surface area (Å²) < 4.78 is 6.05. The fraction of sp³-hybridized carbons (Fsp3) is 0.350. The van der Waals surface area contributed by atoms with Gasteiger partial charge in [-0.05, 0) is 56.4 Å². The molecule has 3 N–H and O–H groups in total. The number of nitrogens with one attached hydrogen (secondary N) is 1. The summed E-state index contributed by atoms with van der Waals surface area (Å²) in [6.45, 7) is 4.15. The van der Waals surface area contributed by atoms with E-state index in [1.165, 1.54) is 6.20 Å². The summed E-state index contributed by atoms with van der Waals surface area (Å²) in [5, 5.41) is 3.02. The Morgan fingerprint density at radius 1 is 1.31 bits per heavy atom. The van der Waals surface area contributed by atoms with Crippen LogP contribution in [-0.4, -0.2) is 21.5 Å². The lowest BCUT2D eigenvalue weighted by molar-refractivity contribution is -0.111. The first kappa shape index (κ1) is 16.6. The van der Waals surface area contributed by atoms with Crippen LogP contribution in [0.1, 0.15) is 49.6 Å². The molecule has 0 bridgehead atoms. The van der Waals surface area contributed by atoms with Gasteiger partial charge in [0.1, 0.15) is 11.4 Å². The molecule has 1 amide bonds. The summed E-state index contributed by atoms with van der Waals surface area (Å²) in [6, 6.07) is 5.82. The molecule has 6 heteroatoms. The molecule has 0 spiro atoms. The molecular formula is C20H22N4O2. The van der Waals surface area contributed by atoms with Gasteiger partial charge in [-0.1, -0.05) is 0 Å². The zero-order valence-corrected chi connectivity index (χ0v) is 15.0. The second-order valence-electron chi connectivity index (χ2n) is 7.47. The number of carbonyl (C=O) groups is 1. The summed E-state index contributed by atoms with van der Waals surface area (Å²) in [4.78, 5) is 21.0. The Labute approximate surface area is 152 Å². The minimum absolute atomic E-state index is 0.216. The molecule has 1 fully saturated rings. The van der Waals surface area contributed by atoms with Crippen LogP contribution in [0.5, 0.6) is 5.75 Å². The van der Waals surface area contributed by atoms with Crippen molar-refractivity contribution in [3.8, 4) is 5.75 Å². The number of hydrogen-bond acceptors (Lipinski definition) is 5. The molecule has 2 heterocycles. The normalized spacial score (nSPS) is 18.2. The number of nitrogens with zero attached hydrogens (tertiary/aromatic N) is 2. The summed E-state index contributed by atoms with van der Waals surface area (Å²) in [5.41, 5.74) is 8.78. The molecule has 1 aromatic heterocycles. The molecule has 26 heavy (non-hydrogen) atoms. The van der Waals surface area contributed by atoms with Gasteiger partial charge in [-0.3, -0.25) is 4.79 Å². The molecule has 4 rings (SSSR count). The number of nitrogens with two attached hydrogens (primary N) is 1. The van der Waals surface area contributed by atoms with E-state index in [0.717, 1.165) is 41.8 Å². The van der Waals surface area contributed by atoms with Gasteiger partial charge in [0.15, 0.2) is 5.82 Å².